The van der Waals surface area contributed by atoms with Gasteiger partial charge in [-0.05, 0) is 112 Å². The van der Waals surface area contributed by atoms with Crippen LogP contribution in [0.1, 0.15) is 43.4 Å². The predicted molar refractivity (Wildman–Crippen MR) is 187 cm³/mol. The van der Waals surface area contributed by atoms with Gasteiger partial charge in [0, 0.05) is 33.2 Å². The summed E-state index contributed by atoms with van der Waals surface area (Å²) in [5.41, 5.74) is 6.27. The van der Waals surface area contributed by atoms with Crippen LogP contribution in [-0.4, -0.2) is 50.7 Å². The van der Waals surface area contributed by atoms with Gasteiger partial charge in [-0.15, -0.1) is 15.0 Å². The zero-order valence-corrected chi connectivity index (χ0v) is 28.3. The first kappa shape index (κ1) is 32.5. The topological polar surface area (TPSA) is 95.9 Å². The Balaban J connectivity index is 0.000000274. The lowest BCUT2D eigenvalue weighted by atomic mass is 10.0. The molecular weight excluding hydrogens is 740 g/mol. The van der Waals surface area contributed by atoms with Crippen molar-refractivity contribution in [3.8, 4) is 17.2 Å². The number of aliphatic imine (C=N–C) groups is 2. The zero-order chi connectivity index (χ0) is 29.9. The normalized spacial score (nSPS) is 14.1. The molecular formula is C32H35I2N5O2. The summed E-state index contributed by atoms with van der Waals surface area (Å²) in [5, 5.41) is 30.2. The molecule has 0 fully saturated rings. The third kappa shape index (κ3) is 8.71. The largest absolute Gasteiger partial charge is 0.507 e. The van der Waals surface area contributed by atoms with Crippen molar-refractivity contribution in [3.05, 3.63) is 96.7 Å². The van der Waals surface area contributed by atoms with Gasteiger partial charge in [0.1, 0.15) is 28.2 Å². The molecule has 0 unspecified atom stereocenters. The first-order valence-electron chi connectivity index (χ1n) is 13.3. The molecule has 214 valence electrons. The van der Waals surface area contributed by atoms with E-state index in [0.29, 0.717) is 12.1 Å². The van der Waals surface area contributed by atoms with E-state index in [1.807, 2.05) is 79.8 Å². The summed E-state index contributed by atoms with van der Waals surface area (Å²) in [7, 11) is 3.54. The number of benzene rings is 3. The van der Waals surface area contributed by atoms with Gasteiger partial charge in [0.2, 0.25) is 0 Å². The standard InChI is InChI=1S/C20H15I2N3O2.C8H10N2.C4H10/c1-11-6-14(21)8-12(19(11)26)7-13-9-15(22)10-18(20(13)27)25-23-16-4-2-3-5-17(16)24-25;1-9-7-5-3-4-6-8(7)10-2;1-3-4-2/h2-6,8-10,26-27H,7H2,1H3;3-6H,1-2H3;3-4H2,1-2H3. The summed E-state index contributed by atoms with van der Waals surface area (Å²) in [4.78, 5) is 9.56. The lowest BCUT2D eigenvalue weighted by Crippen LogP contribution is -2.10. The number of halogens is 2. The second kappa shape index (κ2) is 15.8. The Morgan fingerprint density at radius 2 is 1.24 bits per heavy atom. The second-order valence-corrected chi connectivity index (χ2v) is 11.7. The molecule has 4 aromatic rings. The fourth-order valence-electron chi connectivity index (χ4n) is 3.88. The molecule has 3 aromatic carbocycles. The number of fused-ring (bicyclic) bond motifs is 1. The number of unbranched alkanes of at least 4 members (excludes halogenated alkanes) is 1. The summed E-state index contributed by atoms with van der Waals surface area (Å²) < 4.78 is 2.00. The maximum Gasteiger partial charge on any atom is 0.146 e. The smallest absolute Gasteiger partial charge is 0.146 e. The molecule has 0 amide bonds. The molecule has 2 N–H and O–H groups in total. The van der Waals surface area contributed by atoms with Crippen molar-refractivity contribution in [2.24, 2.45) is 9.98 Å². The maximum absolute atomic E-state index is 10.9. The van der Waals surface area contributed by atoms with Crippen molar-refractivity contribution in [2.75, 3.05) is 14.1 Å². The zero-order valence-electron chi connectivity index (χ0n) is 23.9. The Bertz CT molecular complexity index is 1560. The lowest BCUT2D eigenvalue weighted by molar-refractivity contribution is 0.456. The molecule has 7 nitrogen and oxygen atoms in total. The lowest BCUT2D eigenvalue weighted by Gasteiger charge is -2.13. The van der Waals surface area contributed by atoms with Gasteiger partial charge >= 0.3 is 0 Å². The van der Waals surface area contributed by atoms with E-state index in [9.17, 15) is 10.2 Å². The molecule has 1 aromatic heterocycles. The Labute approximate surface area is 269 Å². The van der Waals surface area contributed by atoms with Gasteiger partial charge in [0.15, 0.2) is 0 Å². The van der Waals surface area contributed by atoms with E-state index in [0.717, 1.165) is 46.3 Å². The highest BCUT2D eigenvalue weighted by atomic mass is 127. The highest BCUT2D eigenvalue weighted by Gasteiger charge is 2.16. The minimum Gasteiger partial charge on any atom is -0.507 e. The van der Waals surface area contributed by atoms with Gasteiger partial charge in [-0.2, -0.15) is 0 Å². The van der Waals surface area contributed by atoms with Crippen LogP contribution in [0.15, 0.2) is 82.8 Å². The number of aromatic hydroxyl groups is 2. The number of hydrogen-bond donors (Lipinski definition) is 2. The molecule has 5 rings (SSSR count). The summed E-state index contributed by atoms with van der Waals surface area (Å²) in [5.74, 6) is 0.379. The molecule has 1 aliphatic rings. The minimum absolute atomic E-state index is 0.117. The number of phenols is 2. The molecule has 1 aliphatic carbocycles. The molecule has 0 saturated heterocycles. The van der Waals surface area contributed by atoms with Gasteiger partial charge in [-0.25, -0.2) is 0 Å². The number of aryl methyl sites for hydroxylation is 1. The summed E-state index contributed by atoms with van der Waals surface area (Å²) in [6, 6.07) is 15.2. The second-order valence-electron chi connectivity index (χ2n) is 9.25. The van der Waals surface area contributed by atoms with Crippen molar-refractivity contribution in [1.82, 2.24) is 15.0 Å². The first-order chi connectivity index (χ1) is 19.7. The number of aromatic nitrogens is 3. The van der Waals surface area contributed by atoms with Crippen molar-refractivity contribution in [2.45, 2.75) is 40.0 Å². The monoisotopic (exact) mass is 775 g/mol. The summed E-state index contributed by atoms with van der Waals surface area (Å²) in [6.07, 6.45) is 10.9. The van der Waals surface area contributed by atoms with E-state index in [2.05, 4.69) is 79.2 Å². The minimum atomic E-state index is 0.117. The van der Waals surface area contributed by atoms with Crippen LogP contribution in [-0.2, 0) is 6.42 Å². The average molecular weight is 775 g/mol. The molecule has 0 aliphatic heterocycles. The molecule has 9 heteroatoms. The van der Waals surface area contributed by atoms with Crippen LogP contribution in [0.4, 0.5) is 0 Å². The highest BCUT2D eigenvalue weighted by Crippen LogP contribution is 2.34. The molecule has 0 spiro atoms. The van der Waals surface area contributed by atoms with Crippen molar-refractivity contribution in [1.29, 1.82) is 0 Å². The van der Waals surface area contributed by atoms with E-state index in [1.54, 1.807) is 14.1 Å². The van der Waals surface area contributed by atoms with Crippen LogP contribution < -0.4 is 0 Å². The third-order valence-electron chi connectivity index (χ3n) is 6.22. The average Bonchev–Trinajstić information content (AvgIpc) is 3.42. The molecule has 0 atom stereocenters. The van der Waals surface area contributed by atoms with Crippen LogP contribution in [0.5, 0.6) is 11.5 Å². The molecule has 0 bridgehead atoms. The van der Waals surface area contributed by atoms with Crippen LogP contribution >= 0.6 is 45.2 Å². The highest BCUT2D eigenvalue weighted by molar-refractivity contribution is 14.1. The SMILES string of the molecule is CCCC.CN=C1C=CC=CC1=NC.Cc1cc(I)cc(Cc2cc(I)cc(-n3nc4ccccc4n3)c2O)c1O. The Morgan fingerprint density at radius 3 is 1.73 bits per heavy atom. The van der Waals surface area contributed by atoms with Gasteiger partial charge in [0.25, 0.3) is 0 Å². The maximum atomic E-state index is 10.9. The van der Waals surface area contributed by atoms with E-state index >= 15 is 0 Å². The third-order valence-corrected chi connectivity index (χ3v) is 7.47. The fraction of sp³-hybridized carbons (Fsp3) is 0.250. The molecule has 0 radical (unpaired) electrons. The van der Waals surface area contributed by atoms with Crippen molar-refractivity contribution in [3.63, 3.8) is 0 Å². The number of hydrogen-bond acceptors (Lipinski definition) is 6. The summed E-state index contributed by atoms with van der Waals surface area (Å²) in [6.45, 7) is 6.24. The van der Waals surface area contributed by atoms with E-state index in [1.165, 1.54) is 17.6 Å². The number of allylic oxidation sites excluding steroid dienone is 4. The molecule has 0 saturated carbocycles. The van der Waals surface area contributed by atoms with Crippen LogP contribution in [0.2, 0.25) is 0 Å². The fourth-order valence-corrected chi connectivity index (χ4v) is 5.40. The summed E-state index contributed by atoms with van der Waals surface area (Å²) >= 11 is 4.44. The Morgan fingerprint density at radius 1 is 0.756 bits per heavy atom. The van der Waals surface area contributed by atoms with E-state index < -0.39 is 0 Å². The van der Waals surface area contributed by atoms with Gasteiger partial charge in [0.05, 0.1) is 11.4 Å². The quantitative estimate of drug-likeness (QED) is 0.162. The van der Waals surface area contributed by atoms with Gasteiger partial charge in [-0.1, -0.05) is 51.0 Å². The molecule has 41 heavy (non-hydrogen) atoms. The molecule has 1 heterocycles. The number of rotatable bonds is 4. The van der Waals surface area contributed by atoms with Crippen molar-refractivity contribution >= 4 is 67.6 Å². The van der Waals surface area contributed by atoms with E-state index in [4.69, 9.17) is 0 Å². The Kier molecular flexibility index (Phi) is 12.5. The predicted octanol–water partition coefficient (Wildman–Crippen LogP) is 8.00. The van der Waals surface area contributed by atoms with Crippen molar-refractivity contribution < 1.29 is 10.2 Å². The van der Waals surface area contributed by atoms with Crippen LogP contribution in [0.25, 0.3) is 16.7 Å². The van der Waals surface area contributed by atoms with E-state index in [-0.39, 0.29) is 11.5 Å². The first-order valence-corrected chi connectivity index (χ1v) is 15.5. The van der Waals surface area contributed by atoms with Crippen LogP contribution in [0, 0.1) is 14.1 Å². The number of nitrogens with zero attached hydrogens (tertiary/aromatic N) is 5. The van der Waals surface area contributed by atoms with Gasteiger partial charge in [-0.3, -0.25) is 9.98 Å². The Hall–Kier alpha value is -3.06. The number of phenolic OH excluding ortho intramolecular Hbond substituents is 2. The van der Waals surface area contributed by atoms with Crippen LogP contribution in [0.3, 0.4) is 0 Å². The van der Waals surface area contributed by atoms with Gasteiger partial charge < -0.3 is 10.2 Å².